The minimum absolute atomic E-state index is 0.442. The van der Waals surface area contributed by atoms with Gasteiger partial charge in [-0.05, 0) is 18.9 Å². The van der Waals surface area contributed by atoms with Crippen molar-refractivity contribution in [2.75, 3.05) is 6.54 Å². The minimum Gasteiger partial charge on any atom is -0.336 e. The van der Waals surface area contributed by atoms with Crippen LogP contribution in [0.15, 0.2) is 12.5 Å². The maximum absolute atomic E-state index is 4.18. The van der Waals surface area contributed by atoms with E-state index in [0.717, 1.165) is 12.5 Å². The second kappa shape index (κ2) is 5.91. The molecule has 1 N–H and O–H groups in total. The van der Waals surface area contributed by atoms with Crippen LogP contribution >= 0.6 is 0 Å². The summed E-state index contributed by atoms with van der Waals surface area (Å²) >= 11 is 0. The van der Waals surface area contributed by atoms with Gasteiger partial charge >= 0.3 is 0 Å². The molecule has 0 aliphatic carbocycles. The van der Waals surface area contributed by atoms with Crippen molar-refractivity contribution < 1.29 is 0 Å². The van der Waals surface area contributed by atoms with Gasteiger partial charge in [-0.3, -0.25) is 0 Å². The van der Waals surface area contributed by atoms with Gasteiger partial charge in [-0.1, -0.05) is 27.2 Å². The van der Waals surface area contributed by atoms with Crippen LogP contribution in [0.4, 0.5) is 0 Å². The number of rotatable bonds is 6. The monoisotopic (exact) mass is 209 g/mol. The number of aromatic nitrogens is 2. The molecule has 0 saturated heterocycles. The van der Waals surface area contributed by atoms with Crippen molar-refractivity contribution >= 4 is 0 Å². The molecule has 1 aromatic rings. The lowest BCUT2D eigenvalue weighted by molar-refractivity contribution is 0.396. The molecule has 0 amide bonds. The Bertz CT molecular complexity index is 280. The van der Waals surface area contributed by atoms with Crippen LogP contribution in [0.2, 0.25) is 0 Å². The van der Waals surface area contributed by atoms with Crippen molar-refractivity contribution in [3.63, 3.8) is 0 Å². The lowest BCUT2D eigenvalue weighted by Gasteiger charge is -2.21. The van der Waals surface area contributed by atoms with Crippen LogP contribution in [0, 0.1) is 5.92 Å². The Balaban J connectivity index is 2.69. The zero-order valence-electron chi connectivity index (χ0n) is 10.3. The van der Waals surface area contributed by atoms with Gasteiger partial charge in [-0.15, -0.1) is 0 Å². The highest BCUT2D eigenvalue weighted by Gasteiger charge is 2.15. The largest absolute Gasteiger partial charge is 0.336 e. The second-order valence-corrected chi connectivity index (χ2v) is 4.29. The molecule has 0 bridgehead atoms. The first-order chi connectivity index (χ1) is 7.19. The van der Waals surface area contributed by atoms with E-state index in [9.17, 15) is 0 Å². The Morgan fingerprint density at radius 1 is 1.47 bits per heavy atom. The Morgan fingerprint density at radius 3 is 2.67 bits per heavy atom. The molecule has 3 nitrogen and oxygen atoms in total. The van der Waals surface area contributed by atoms with Gasteiger partial charge < -0.3 is 9.88 Å². The molecular formula is C12H23N3. The smallest absolute Gasteiger partial charge is 0.0946 e. The van der Waals surface area contributed by atoms with Crippen LogP contribution in [0.25, 0.3) is 0 Å². The van der Waals surface area contributed by atoms with E-state index in [-0.39, 0.29) is 0 Å². The molecular weight excluding hydrogens is 186 g/mol. The van der Waals surface area contributed by atoms with Gasteiger partial charge in [-0.25, -0.2) is 4.98 Å². The fourth-order valence-corrected chi connectivity index (χ4v) is 1.83. The third-order valence-corrected chi connectivity index (χ3v) is 3.00. The first-order valence-electron chi connectivity index (χ1n) is 5.88. The van der Waals surface area contributed by atoms with Crippen LogP contribution in [0.5, 0.6) is 0 Å². The Hall–Kier alpha value is -0.830. The number of hydrogen-bond donors (Lipinski definition) is 1. The van der Waals surface area contributed by atoms with E-state index in [1.54, 1.807) is 0 Å². The lowest BCUT2D eigenvalue weighted by atomic mass is 9.97. The van der Waals surface area contributed by atoms with Gasteiger partial charge in [0.05, 0.1) is 12.0 Å². The van der Waals surface area contributed by atoms with Crippen LogP contribution in [-0.2, 0) is 7.05 Å². The predicted molar refractivity (Wildman–Crippen MR) is 63.7 cm³/mol. The van der Waals surface area contributed by atoms with Crippen molar-refractivity contribution in [3.05, 3.63) is 18.2 Å². The number of hydrogen-bond acceptors (Lipinski definition) is 2. The van der Waals surface area contributed by atoms with E-state index in [4.69, 9.17) is 0 Å². The molecule has 2 unspecified atom stereocenters. The molecule has 0 aromatic carbocycles. The van der Waals surface area contributed by atoms with Gasteiger partial charge in [0.25, 0.3) is 0 Å². The molecule has 0 saturated carbocycles. The molecule has 1 aromatic heterocycles. The summed E-state index contributed by atoms with van der Waals surface area (Å²) in [4.78, 5) is 4.18. The third kappa shape index (κ3) is 3.34. The number of aryl methyl sites for hydroxylation is 1. The fraction of sp³-hybridized carbons (Fsp3) is 0.750. The first kappa shape index (κ1) is 12.2. The molecule has 1 rings (SSSR count). The average Bonchev–Trinajstić information content (AvgIpc) is 2.63. The summed E-state index contributed by atoms with van der Waals surface area (Å²) in [5.74, 6) is 0.754. The van der Waals surface area contributed by atoms with Crippen molar-refractivity contribution in [3.8, 4) is 0 Å². The van der Waals surface area contributed by atoms with Crippen LogP contribution < -0.4 is 5.32 Å². The molecule has 15 heavy (non-hydrogen) atoms. The van der Waals surface area contributed by atoms with Crippen LogP contribution in [0.3, 0.4) is 0 Å². The van der Waals surface area contributed by atoms with E-state index in [2.05, 4.69) is 42.7 Å². The predicted octanol–water partition coefficient (Wildman–Crippen LogP) is 2.51. The summed E-state index contributed by atoms with van der Waals surface area (Å²) < 4.78 is 2.11. The topological polar surface area (TPSA) is 29.9 Å². The zero-order chi connectivity index (χ0) is 11.3. The minimum atomic E-state index is 0.442. The number of nitrogens with one attached hydrogen (secondary N) is 1. The van der Waals surface area contributed by atoms with Gasteiger partial charge in [0, 0.05) is 19.3 Å². The molecule has 0 aliphatic rings. The standard InChI is InChI=1S/C12H23N3/c1-5-10(3)7-11(14-6-2)12-8-13-9-15(12)4/h8-11,14H,5-7H2,1-4H3. The van der Waals surface area contributed by atoms with Crippen molar-refractivity contribution in [1.29, 1.82) is 0 Å². The van der Waals surface area contributed by atoms with E-state index in [0.29, 0.717) is 6.04 Å². The van der Waals surface area contributed by atoms with Gasteiger partial charge in [0.1, 0.15) is 0 Å². The maximum atomic E-state index is 4.18. The van der Waals surface area contributed by atoms with Crippen molar-refractivity contribution in [2.24, 2.45) is 13.0 Å². The van der Waals surface area contributed by atoms with Crippen molar-refractivity contribution in [1.82, 2.24) is 14.9 Å². The molecule has 1 heterocycles. The first-order valence-corrected chi connectivity index (χ1v) is 5.88. The highest BCUT2D eigenvalue weighted by Crippen LogP contribution is 2.22. The number of nitrogens with zero attached hydrogens (tertiary/aromatic N) is 2. The summed E-state index contributed by atoms with van der Waals surface area (Å²) in [7, 11) is 2.06. The van der Waals surface area contributed by atoms with E-state index >= 15 is 0 Å². The summed E-state index contributed by atoms with van der Waals surface area (Å²) in [6.45, 7) is 7.71. The van der Waals surface area contributed by atoms with Gasteiger partial charge in [0.15, 0.2) is 0 Å². The quantitative estimate of drug-likeness (QED) is 0.780. The fourth-order valence-electron chi connectivity index (χ4n) is 1.83. The molecule has 3 heteroatoms. The Morgan fingerprint density at radius 2 is 2.20 bits per heavy atom. The highest BCUT2D eigenvalue weighted by atomic mass is 15.1. The SMILES string of the molecule is CCNC(CC(C)CC)c1cncn1C. The Labute approximate surface area is 92.9 Å². The molecule has 0 aliphatic heterocycles. The summed E-state index contributed by atoms with van der Waals surface area (Å²) in [6.07, 6.45) is 6.26. The molecule has 2 atom stereocenters. The van der Waals surface area contributed by atoms with Gasteiger partial charge in [0.2, 0.25) is 0 Å². The van der Waals surface area contributed by atoms with Crippen LogP contribution in [0.1, 0.15) is 45.3 Å². The van der Waals surface area contributed by atoms with Gasteiger partial charge in [-0.2, -0.15) is 0 Å². The van der Waals surface area contributed by atoms with Crippen LogP contribution in [-0.4, -0.2) is 16.1 Å². The molecule has 0 spiro atoms. The van der Waals surface area contributed by atoms with E-state index in [1.165, 1.54) is 18.5 Å². The summed E-state index contributed by atoms with van der Waals surface area (Å²) in [5, 5.41) is 3.53. The summed E-state index contributed by atoms with van der Waals surface area (Å²) in [6, 6.07) is 0.442. The summed E-state index contributed by atoms with van der Waals surface area (Å²) in [5.41, 5.74) is 1.29. The van der Waals surface area contributed by atoms with E-state index in [1.807, 2.05) is 12.5 Å². The second-order valence-electron chi connectivity index (χ2n) is 4.29. The normalized spacial score (nSPS) is 15.2. The Kier molecular flexibility index (Phi) is 4.82. The molecule has 0 radical (unpaired) electrons. The lowest BCUT2D eigenvalue weighted by Crippen LogP contribution is -2.24. The zero-order valence-corrected chi connectivity index (χ0v) is 10.3. The third-order valence-electron chi connectivity index (χ3n) is 3.00. The van der Waals surface area contributed by atoms with E-state index < -0.39 is 0 Å². The number of imidazole rings is 1. The molecule has 86 valence electrons. The maximum Gasteiger partial charge on any atom is 0.0946 e. The highest BCUT2D eigenvalue weighted by molar-refractivity contribution is 5.04. The molecule has 0 fully saturated rings. The average molecular weight is 209 g/mol. The van der Waals surface area contributed by atoms with Crippen molar-refractivity contribution in [2.45, 2.75) is 39.7 Å².